The molecule has 1 aromatic carbocycles. The Labute approximate surface area is 155 Å². The van der Waals surface area contributed by atoms with E-state index < -0.39 is 12.0 Å². The van der Waals surface area contributed by atoms with Gasteiger partial charge in [-0.15, -0.1) is 0 Å². The smallest absolute Gasteiger partial charge is 0.237 e. The number of nitrogens with one attached hydrogen (secondary N) is 1. The van der Waals surface area contributed by atoms with E-state index in [1.165, 1.54) is 0 Å². The van der Waals surface area contributed by atoms with Gasteiger partial charge in [-0.1, -0.05) is 23.2 Å². The molecule has 4 aliphatic heterocycles. The topological polar surface area (TPSA) is 76.8 Å². The average Bonchev–Trinajstić information content (AvgIpc) is 2.95. The number of hydrogen-bond donors (Lipinski definition) is 2. The average molecular weight is 384 g/mol. The summed E-state index contributed by atoms with van der Waals surface area (Å²) in [5, 5.41) is 4.13. The normalized spacial score (nSPS) is 42.0. The molecule has 0 saturated carbocycles. The monoisotopic (exact) mass is 383 g/mol. The number of carbonyl (C=O) groups is 1. The van der Waals surface area contributed by atoms with Gasteiger partial charge in [0.25, 0.3) is 0 Å². The number of benzene rings is 1. The Hall–Kier alpha value is -1.05. The van der Waals surface area contributed by atoms with Crippen LogP contribution in [0.2, 0.25) is 10.0 Å². The van der Waals surface area contributed by atoms with Crippen LogP contribution in [0.5, 0.6) is 0 Å². The predicted octanol–water partition coefficient (Wildman–Crippen LogP) is 2.52. The summed E-state index contributed by atoms with van der Waals surface area (Å²) in [5.41, 5.74) is 5.97. The molecule has 4 saturated heterocycles. The van der Waals surface area contributed by atoms with E-state index in [1.54, 1.807) is 17.0 Å². The first-order valence-corrected chi connectivity index (χ1v) is 9.26. The highest BCUT2D eigenvalue weighted by molar-refractivity contribution is 6.39. The first kappa shape index (κ1) is 16.1. The van der Waals surface area contributed by atoms with Crippen LogP contribution in [0.15, 0.2) is 12.1 Å². The maximum atomic E-state index is 13.5. The summed E-state index contributed by atoms with van der Waals surface area (Å²) in [7, 11) is 0. The predicted molar refractivity (Wildman–Crippen MR) is 94.6 cm³/mol. The van der Waals surface area contributed by atoms with Crippen molar-refractivity contribution >= 4 is 40.5 Å². The first-order valence-electron chi connectivity index (χ1n) is 8.50. The van der Waals surface area contributed by atoms with Gasteiger partial charge in [0, 0.05) is 6.42 Å². The molecular weight excluding hydrogens is 365 g/mol. The van der Waals surface area contributed by atoms with Gasteiger partial charge in [-0.3, -0.25) is 15.0 Å². The lowest BCUT2D eigenvalue weighted by Crippen LogP contribution is -2.69. The van der Waals surface area contributed by atoms with E-state index in [0.29, 0.717) is 28.0 Å². The van der Waals surface area contributed by atoms with Gasteiger partial charge in [0.05, 0.1) is 51.2 Å². The van der Waals surface area contributed by atoms with Crippen LogP contribution < -0.4 is 16.0 Å². The molecule has 4 bridgehead atoms. The van der Waals surface area contributed by atoms with Crippen LogP contribution in [0.3, 0.4) is 0 Å². The molecule has 4 fully saturated rings. The van der Waals surface area contributed by atoms with Gasteiger partial charge in [-0.25, -0.2) is 0 Å². The highest BCUT2D eigenvalue weighted by atomic mass is 35.5. The maximum Gasteiger partial charge on any atom is 0.237 e. The number of ether oxygens (including phenoxy) is 2. The number of carbonyl (C=O) groups excluding carboxylic acids is 1. The molecule has 25 heavy (non-hydrogen) atoms. The molecule has 1 aromatic rings. The highest BCUT2D eigenvalue weighted by Gasteiger charge is 2.70. The lowest BCUT2D eigenvalue weighted by molar-refractivity contribution is -0.136. The number of fused-ring (bicyclic) bond motifs is 3. The van der Waals surface area contributed by atoms with Crippen molar-refractivity contribution in [2.45, 2.75) is 49.8 Å². The molecule has 4 heterocycles. The molecule has 0 aliphatic carbocycles. The summed E-state index contributed by atoms with van der Waals surface area (Å²) in [5.74, 6) is -0.272. The zero-order valence-electron chi connectivity index (χ0n) is 13.7. The van der Waals surface area contributed by atoms with Crippen molar-refractivity contribution < 1.29 is 14.3 Å². The zero-order chi connectivity index (χ0) is 17.6. The molecule has 5 rings (SSSR count). The van der Waals surface area contributed by atoms with Gasteiger partial charge in [0.2, 0.25) is 5.91 Å². The third-order valence-corrected chi connectivity index (χ3v) is 6.87. The molecule has 6 nitrogen and oxygen atoms in total. The van der Waals surface area contributed by atoms with Gasteiger partial charge in [0.1, 0.15) is 0 Å². The minimum atomic E-state index is -0.560. The van der Waals surface area contributed by atoms with Crippen molar-refractivity contribution in [1.29, 1.82) is 0 Å². The highest BCUT2D eigenvalue weighted by Crippen LogP contribution is 2.58. The second-order valence-electron chi connectivity index (χ2n) is 7.61. The van der Waals surface area contributed by atoms with E-state index in [0.717, 1.165) is 19.3 Å². The second kappa shape index (κ2) is 5.02. The molecule has 0 radical (unpaired) electrons. The van der Waals surface area contributed by atoms with E-state index in [2.05, 4.69) is 5.32 Å². The van der Waals surface area contributed by atoms with Crippen molar-refractivity contribution in [2.75, 3.05) is 17.2 Å². The van der Waals surface area contributed by atoms with E-state index in [4.69, 9.17) is 38.4 Å². The largest absolute Gasteiger partial charge is 0.396 e. The van der Waals surface area contributed by atoms with Crippen molar-refractivity contribution in [1.82, 2.24) is 5.32 Å². The van der Waals surface area contributed by atoms with Crippen LogP contribution in [0.4, 0.5) is 11.4 Å². The van der Waals surface area contributed by atoms with Crippen molar-refractivity contribution in [3.05, 3.63) is 22.2 Å². The fourth-order valence-electron chi connectivity index (χ4n) is 5.04. The van der Waals surface area contributed by atoms with Crippen molar-refractivity contribution in [3.8, 4) is 0 Å². The summed E-state index contributed by atoms with van der Waals surface area (Å²) < 4.78 is 12.4. The summed E-state index contributed by atoms with van der Waals surface area (Å²) in [4.78, 5) is 15.1. The second-order valence-corrected chi connectivity index (χ2v) is 8.42. The van der Waals surface area contributed by atoms with E-state index >= 15 is 0 Å². The molecule has 8 heteroatoms. The minimum Gasteiger partial charge on any atom is -0.396 e. The molecule has 5 atom stereocenters. The number of nitrogens with zero attached hydrogens (tertiary/aromatic N) is 1. The van der Waals surface area contributed by atoms with Crippen LogP contribution in [-0.4, -0.2) is 36.1 Å². The maximum absolute atomic E-state index is 13.5. The number of rotatable bonds is 1. The lowest BCUT2D eigenvalue weighted by atomic mass is 9.69. The number of hydrogen-bond acceptors (Lipinski definition) is 5. The van der Waals surface area contributed by atoms with Crippen LogP contribution in [0, 0.1) is 5.92 Å². The van der Waals surface area contributed by atoms with E-state index in [1.807, 2.05) is 6.92 Å². The molecule has 1 spiro atoms. The molecular formula is C17H19Cl2N3O3. The first-order chi connectivity index (χ1) is 11.8. The van der Waals surface area contributed by atoms with Gasteiger partial charge in [-0.05, 0) is 31.9 Å². The molecule has 4 aliphatic rings. The Morgan fingerprint density at radius 1 is 1.28 bits per heavy atom. The van der Waals surface area contributed by atoms with Crippen LogP contribution in [0.25, 0.3) is 0 Å². The third kappa shape index (κ3) is 2.00. The van der Waals surface area contributed by atoms with E-state index in [9.17, 15) is 4.79 Å². The van der Waals surface area contributed by atoms with Crippen LogP contribution in [0.1, 0.15) is 26.2 Å². The van der Waals surface area contributed by atoms with Crippen LogP contribution in [-0.2, 0) is 14.3 Å². The Balaban J connectivity index is 1.62. The Morgan fingerprint density at radius 2 is 2.00 bits per heavy atom. The SMILES string of the molecule is CC12CCC3(CCOC4NC3C1C(=O)N4c1cc(Cl)c(N)c(Cl)c1)O2. The number of nitrogen functional groups attached to an aromatic ring is 1. The summed E-state index contributed by atoms with van der Waals surface area (Å²) in [6.07, 6.45) is 2.07. The Bertz CT molecular complexity index is 767. The number of amides is 1. The molecule has 3 N–H and O–H groups in total. The summed E-state index contributed by atoms with van der Waals surface area (Å²) in [6.45, 7) is 2.57. The number of anilines is 2. The van der Waals surface area contributed by atoms with Gasteiger partial charge in [0.15, 0.2) is 6.35 Å². The van der Waals surface area contributed by atoms with Gasteiger partial charge < -0.3 is 15.2 Å². The van der Waals surface area contributed by atoms with Crippen molar-refractivity contribution in [3.63, 3.8) is 0 Å². The number of nitrogens with two attached hydrogens (primary N) is 1. The van der Waals surface area contributed by atoms with Gasteiger partial charge in [-0.2, -0.15) is 0 Å². The quantitative estimate of drug-likeness (QED) is 0.728. The fourth-order valence-corrected chi connectivity index (χ4v) is 5.51. The number of halogens is 2. The van der Waals surface area contributed by atoms with Gasteiger partial charge >= 0.3 is 0 Å². The lowest BCUT2D eigenvalue weighted by Gasteiger charge is -2.46. The van der Waals surface area contributed by atoms with E-state index in [-0.39, 0.29) is 23.5 Å². The third-order valence-electron chi connectivity index (χ3n) is 6.24. The minimum absolute atomic E-state index is 0.0170. The summed E-state index contributed by atoms with van der Waals surface area (Å²) in [6, 6.07) is 3.29. The Kier molecular flexibility index (Phi) is 3.24. The standard InChI is InChI=1S/C17H19Cl2N3O3/c1-16-2-3-17(25-16)4-5-24-15-21-13(17)11(16)14(23)22(15)8-6-9(18)12(20)10(19)7-8/h6-7,11,13,15,21H,2-5,20H2,1H3. The summed E-state index contributed by atoms with van der Waals surface area (Å²) >= 11 is 12.4. The molecule has 0 aromatic heterocycles. The molecule has 1 amide bonds. The zero-order valence-corrected chi connectivity index (χ0v) is 15.2. The fraction of sp³-hybridized carbons (Fsp3) is 0.588. The van der Waals surface area contributed by atoms with Crippen LogP contribution >= 0.6 is 23.2 Å². The van der Waals surface area contributed by atoms with Crippen molar-refractivity contribution in [2.24, 2.45) is 5.92 Å². The Morgan fingerprint density at radius 3 is 2.72 bits per heavy atom. The molecule has 5 unspecified atom stereocenters. The molecule has 134 valence electrons.